The maximum Gasteiger partial charge on any atom is 0.306 e. The zero-order valence-electron chi connectivity index (χ0n) is 16.6. The van der Waals surface area contributed by atoms with E-state index in [0.717, 1.165) is 58.3 Å². The van der Waals surface area contributed by atoms with Crippen LogP contribution in [0, 0.1) is 5.92 Å². The van der Waals surface area contributed by atoms with Crippen LogP contribution in [0.4, 0.5) is 0 Å². The number of hydrogen-bond donors (Lipinski definition) is 2. The van der Waals surface area contributed by atoms with Gasteiger partial charge in [0.05, 0.1) is 5.92 Å². The van der Waals surface area contributed by atoms with E-state index in [1.54, 1.807) is 0 Å². The molecule has 0 radical (unpaired) electrons. The Morgan fingerprint density at radius 3 is 1.93 bits per heavy atom. The highest BCUT2D eigenvalue weighted by atomic mass is 16.4. The molecule has 1 aliphatic rings. The molecule has 0 unspecified atom stereocenters. The molecule has 0 heterocycles. The molecular weight excluding hydrogens is 348 g/mol. The van der Waals surface area contributed by atoms with Crippen LogP contribution in [0.1, 0.15) is 43.2 Å². The quantitative estimate of drug-likeness (QED) is 0.603. The van der Waals surface area contributed by atoms with Crippen molar-refractivity contribution in [1.82, 2.24) is 10.2 Å². The molecule has 3 rings (SSSR count). The lowest BCUT2D eigenvalue weighted by Crippen LogP contribution is -2.36. The maximum atomic E-state index is 11.1. The number of carboxylic acids is 1. The Hall–Kier alpha value is -2.17. The molecule has 0 bridgehead atoms. The second kappa shape index (κ2) is 11.0. The van der Waals surface area contributed by atoms with Crippen molar-refractivity contribution in [2.24, 2.45) is 5.92 Å². The average molecular weight is 381 g/mol. The monoisotopic (exact) mass is 380 g/mol. The fourth-order valence-corrected chi connectivity index (χ4v) is 4.05. The van der Waals surface area contributed by atoms with Crippen LogP contribution >= 0.6 is 0 Å². The Bertz CT molecular complexity index is 656. The van der Waals surface area contributed by atoms with Gasteiger partial charge in [0.25, 0.3) is 0 Å². The molecule has 28 heavy (non-hydrogen) atoms. The first-order valence-electron chi connectivity index (χ1n) is 10.5. The van der Waals surface area contributed by atoms with E-state index < -0.39 is 5.97 Å². The van der Waals surface area contributed by atoms with Gasteiger partial charge in [-0.2, -0.15) is 0 Å². The average Bonchev–Trinajstić information content (AvgIpc) is 2.73. The Morgan fingerprint density at radius 2 is 1.43 bits per heavy atom. The smallest absolute Gasteiger partial charge is 0.306 e. The van der Waals surface area contributed by atoms with Crippen molar-refractivity contribution < 1.29 is 9.90 Å². The summed E-state index contributed by atoms with van der Waals surface area (Å²) < 4.78 is 0. The Kier molecular flexibility index (Phi) is 8.07. The van der Waals surface area contributed by atoms with E-state index in [9.17, 15) is 4.79 Å². The Labute approximate surface area is 168 Å². The molecule has 1 saturated carbocycles. The largest absolute Gasteiger partial charge is 0.481 e. The summed E-state index contributed by atoms with van der Waals surface area (Å²) in [7, 11) is 0. The third-order valence-electron chi connectivity index (χ3n) is 5.66. The van der Waals surface area contributed by atoms with Gasteiger partial charge in [-0.1, -0.05) is 60.7 Å². The van der Waals surface area contributed by atoms with Crippen molar-refractivity contribution in [2.45, 2.75) is 51.2 Å². The van der Waals surface area contributed by atoms with Crippen molar-refractivity contribution in [3.05, 3.63) is 71.8 Å². The molecule has 0 aromatic heterocycles. The van der Waals surface area contributed by atoms with E-state index in [1.807, 2.05) is 0 Å². The number of nitrogens with zero attached hydrogens (tertiary/aromatic N) is 1. The number of carbonyl (C=O) groups is 1. The van der Waals surface area contributed by atoms with Crippen LogP contribution in [-0.2, 0) is 17.9 Å². The first-order chi connectivity index (χ1) is 13.7. The minimum atomic E-state index is -0.629. The zero-order valence-corrected chi connectivity index (χ0v) is 16.6. The van der Waals surface area contributed by atoms with Crippen LogP contribution in [0.3, 0.4) is 0 Å². The predicted octanol–water partition coefficient (Wildman–Crippen LogP) is 4.31. The summed E-state index contributed by atoms with van der Waals surface area (Å²) in [5.41, 5.74) is 2.69. The molecule has 0 saturated heterocycles. The number of rotatable bonds is 10. The van der Waals surface area contributed by atoms with Gasteiger partial charge >= 0.3 is 5.97 Å². The van der Waals surface area contributed by atoms with Crippen LogP contribution < -0.4 is 5.32 Å². The van der Waals surface area contributed by atoms with E-state index in [4.69, 9.17) is 5.11 Å². The molecule has 2 aromatic carbocycles. The topological polar surface area (TPSA) is 52.6 Å². The standard InChI is InChI=1S/C24H32N2O2/c27-24(28)22-12-14-23(15-13-22)25-16-7-17-26(18-20-8-3-1-4-9-20)19-21-10-5-2-6-11-21/h1-6,8-11,22-23,25H,7,12-19H2,(H,27,28). The fourth-order valence-electron chi connectivity index (χ4n) is 4.05. The first-order valence-corrected chi connectivity index (χ1v) is 10.5. The van der Waals surface area contributed by atoms with Crippen molar-refractivity contribution >= 4 is 5.97 Å². The van der Waals surface area contributed by atoms with E-state index in [0.29, 0.717) is 6.04 Å². The third-order valence-corrected chi connectivity index (χ3v) is 5.66. The first kappa shape index (κ1) is 20.6. The van der Waals surface area contributed by atoms with Crippen molar-refractivity contribution in [3.8, 4) is 0 Å². The Balaban J connectivity index is 1.44. The molecule has 4 nitrogen and oxygen atoms in total. The molecule has 0 atom stereocenters. The summed E-state index contributed by atoms with van der Waals surface area (Å²) in [6.45, 7) is 3.95. The van der Waals surface area contributed by atoms with Crippen LogP contribution in [0.15, 0.2) is 60.7 Å². The summed E-state index contributed by atoms with van der Waals surface area (Å²) in [5.74, 6) is -0.763. The maximum absolute atomic E-state index is 11.1. The summed E-state index contributed by atoms with van der Waals surface area (Å²) in [6, 6.07) is 21.8. The van der Waals surface area contributed by atoms with Gasteiger partial charge in [-0.25, -0.2) is 0 Å². The SMILES string of the molecule is O=C(O)C1CCC(NCCCN(Cc2ccccc2)Cc2ccccc2)CC1. The minimum Gasteiger partial charge on any atom is -0.481 e. The van der Waals surface area contributed by atoms with Gasteiger partial charge < -0.3 is 10.4 Å². The normalized spacial score (nSPS) is 19.6. The number of benzene rings is 2. The van der Waals surface area contributed by atoms with Crippen LogP contribution in [-0.4, -0.2) is 35.1 Å². The molecule has 1 fully saturated rings. The van der Waals surface area contributed by atoms with Gasteiger partial charge in [0.15, 0.2) is 0 Å². The Morgan fingerprint density at radius 1 is 0.893 bits per heavy atom. The number of hydrogen-bond acceptors (Lipinski definition) is 3. The lowest BCUT2D eigenvalue weighted by Gasteiger charge is -2.28. The van der Waals surface area contributed by atoms with Gasteiger partial charge in [0.2, 0.25) is 0 Å². The number of aliphatic carboxylic acids is 1. The number of carboxylic acid groups (broad SMARTS) is 1. The lowest BCUT2D eigenvalue weighted by molar-refractivity contribution is -0.142. The zero-order chi connectivity index (χ0) is 19.6. The molecule has 1 aliphatic carbocycles. The highest BCUT2D eigenvalue weighted by molar-refractivity contribution is 5.70. The summed E-state index contributed by atoms with van der Waals surface area (Å²) in [4.78, 5) is 13.6. The van der Waals surface area contributed by atoms with Crippen molar-refractivity contribution in [3.63, 3.8) is 0 Å². The van der Waals surface area contributed by atoms with Gasteiger partial charge in [-0.15, -0.1) is 0 Å². The van der Waals surface area contributed by atoms with Crippen molar-refractivity contribution in [2.75, 3.05) is 13.1 Å². The van der Waals surface area contributed by atoms with Gasteiger partial charge in [-0.3, -0.25) is 9.69 Å². The summed E-state index contributed by atoms with van der Waals surface area (Å²) >= 11 is 0. The molecule has 4 heteroatoms. The number of nitrogens with one attached hydrogen (secondary N) is 1. The van der Waals surface area contributed by atoms with Gasteiger partial charge in [-0.05, 0) is 49.8 Å². The van der Waals surface area contributed by atoms with E-state index >= 15 is 0 Å². The van der Waals surface area contributed by atoms with E-state index in [1.165, 1.54) is 11.1 Å². The third kappa shape index (κ3) is 6.77. The van der Waals surface area contributed by atoms with Crippen molar-refractivity contribution in [1.29, 1.82) is 0 Å². The molecule has 150 valence electrons. The molecule has 2 aromatic rings. The molecule has 2 N–H and O–H groups in total. The molecule has 0 spiro atoms. The van der Waals surface area contributed by atoms with Gasteiger partial charge in [0, 0.05) is 25.7 Å². The van der Waals surface area contributed by atoms with Gasteiger partial charge in [0.1, 0.15) is 0 Å². The van der Waals surface area contributed by atoms with Crippen LogP contribution in [0.25, 0.3) is 0 Å². The second-order valence-electron chi connectivity index (χ2n) is 7.88. The van der Waals surface area contributed by atoms with E-state index in [2.05, 4.69) is 70.9 Å². The van der Waals surface area contributed by atoms with E-state index in [-0.39, 0.29) is 5.92 Å². The molecule has 0 amide bonds. The van der Waals surface area contributed by atoms with Crippen LogP contribution in [0.2, 0.25) is 0 Å². The summed E-state index contributed by atoms with van der Waals surface area (Å²) in [6.07, 6.45) is 4.67. The predicted molar refractivity (Wildman–Crippen MR) is 113 cm³/mol. The highest BCUT2D eigenvalue weighted by Gasteiger charge is 2.25. The fraction of sp³-hybridized carbons (Fsp3) is 0.458. The lowest BCUT2D eigenvalue weighted by atomic mass is 9.86. The second-order valence-corrected chi connectivity index (χ2v) is 7.88. The summed E-state index contributed by atoms with van der Waals surface area (Å²) in [5, 5.41) is 12.8. The molecular formula is C24H32N2O2. The highest BCUT2D eigenvalue weighted by Crippen LogP contribution is 2.24. The van der Waals surface area contributed by atoms with Crippen LogP contribution in [0.5, 0.6) is 0 Å². The minimum absolute atomic E-state index is 0.134. The molecule has 0 aliphatic heterocycles.